The van der Waals surface area contributed by atoms with Crippen LogP contribution in [-0.2, 0) is 19.4 Å². The number of carbonyl (C=O) groups is 1. The topological polar surface area (TPSA) is 64.3 Å². The Morgan fingerprint density at radius 1 is 1.12 bits per heavy atom. The number of hydrogen-bond acceptors (Lipinski definition) is 4. The van der Waals surface area contributed by atoms with Crippen LogP contribution in [0.4, 0.5) is 0 Å². The van der Waals surface area contributed by atoms with Crippen molar-refractivity contribution in [3.05, 3.63) is 52.8 Å². The lowest BCUT2D eigenvalue weighted by Gasteiger charge is -2.34. The van der Waals surface area contributed by atoms with Gasteiger partial charge in [0.2, 0.25) is 0 Å². The van der Waals surface area contributed by atoms with Crippen molar-refractivity contribution in [2.75, 3.05) is 39.3 Å². The molecule has 0 saturated carbocycles. The second-order valence-electron chi connectivity index (χ2n) is 6.83. The number of amides is 1. The maximum atomic E-state index is 12.8. The normalized spacial score (nSPS) is 18.2. The summed E-state index contributed by atoms with van der Waals surface area (Å²) in [5.41, 5.74) is 4.16. The molecular formula is C19H25N5O. The predicted molar refractivity (Wildman–Crippen MR) is 96.5 cm³/mol. The lowest BCUT2D eigenvalue weighted by molar-refractivity contribution is 0.0631. The first-order valence-electron chi connectivity index (χ1n) is 9.13. The van der Waals surface area contributed by atoms with Gasteiger partial charge in [0.05, 0.1) is 0 Å². The van der Waals surface area contributed by atoms with Gasteiger partial charge in [0.1, 0.15) is 0 Å². The van der Waals surface area contributed by atoms with Crippen molar-refractivity contribution in [2.45, 2.75) is 19.4 Å². The number of piperazine rings is 1. The van der Waals surface area contributed by atoms with Crippen molar-refractivity contribution in [3.8, 4) is 0 Å². The Balaban J connectivity index is 1.31. The quantitative estimate of drug-likeness (QED) is 0.874. The summed E-state index contributed by atoms with van der Waals surface area (Å²) in [6.45, 7) is 6.17. The third kappa shape index (κ3) is 3.60. The van der Waals surface area contributed by atoms with Gasteiger partial charge in [-0.05, 0) is 12.0 Å². The number of rotatable bonds is 4. The molecule has 132 valence electrons. The van der Waals surface area contributed by atoms with Crippen molar-refractivity contribution in [1.82, 2.24) is 25.3 Å². The number of carbonyl (C=O) groups excluding carboxylic acids is 1. The van der Waals surface area contributed by atoms with E-state index < -0.39 is 0 Å². The molecule has 0 bridgehead atoms. The van der Waals surface area contributed by atoms with E-state index in [-0.39, 0.29) is 5.91 Å². The highest BCUT2D eigenvalue weighted by molar-refractivity contribution is 5.94. The Morgan fingerprint density at radius 3 is 2.72 bits per heavy atom. The zero-order valence-electron chi connectivity index (χ0n) is 14.5. The smallest absolute Gasteiger partial charge is 0.274 e. The van der Waals surface area contributed by atoms with Crippen LogP contribution >= 0.6 is 0 Å². The van der Waals surface area contributed by atoms with Crippen LogP contribution in [0.15, 0.2) is 30.3 Å². The fraction of sp³-hybridized carbons (Fsp3) is 0.474. The van der Waals surface area contributed by atoms with Gasteiger partial charge in [-0.15, -0.1) is 0 Å². The summed E-state index contributed by atoms with van der Waals surface area (Å²) in [4.78, 5) is 17.2. The van der Waals surface area contributed by atoms with Crippen LogP contribution in [0, 0.1) is 0 Å². The van der Waals surface area contributed by atoms with Crippen LogP contribution in [0.25, 0.3) is 0 Å². The first-order chi connectivity index (χ1) is 12.3. The van der Waals surface area contributed by atoms with E-state index in [0.717, 1.165) is 69.9 Å². The molecule has 0 spiro atoms. The second-order valence-corrected chi connectivity index (χ2v) is 6.83. The van der Waals surface area contributed by atoms with E-state index in [1.165, 1.54) is 5.56 Å². The average Bonchev–Trinajstić information content (AvgIpc) is 3.11. The second kappa shape index (κ2) is 7.37. The average molecular weight is 339 g/mol. The molecule has 0 radical (unpaired) electrons. The molecular weight excluding hydrogens is 314 g/mol. The molecule has 1 fully saturated rings. The number of H-pyrrole nitrogens is 1. The summed E-state index contributed by atoms with van der Waals surface area (Å²) in [6.07, 6.45) is 1.98. The standard InChI is InChI=1S/C19H25N5O/c25-19(18-16-14-20-8-6-17(16)21-22-18)24-12-10-23(11-13-24)9-7-15-4-2-1-3-5-15/h1-5,20H,6-14H2,(H,21,22). The number of hydrogen-bond donors (Lipinski definition) is 2. The van der Waals surface area contributed by atoms with Gasteiger partial charge in [0.15, 0.2) is 5.69 Å². The summed E-state index contributed by atoms with van der Waals surface area (Å²) in [6, 6.07) is 10.6. The van der Waals surface area contributed by atoms with E-state index in [4.69, 9.17) is 0 Å². The summed E-state index contributed by atoms with van der Waals surface area (Å²) in [5, 5.41) is 10.7. The monoisotopic (exact) mass is 339 g/mol. The summed E-state index contributed by atoms with van der Waals surface area (Å²) >= 11 is 0. The maximum Gasteiger partial charge on any atom is 0.274 e. The zero-order chi connectivity index (χ0) is 17.1. The number of nitrogens with one attached hydrogen (secondary N) is 2. The van der Waals surface area contributed by atoms with Crippen LogP contribution in [0.1, 0.15) is 27.3 Å². The van der Waals surface area contributed by atoms with Crippen molar-refractivity contribution < 1.29 is 4.79 Å². The fourth-order valence-corrected chi connectivity index (χ4v) is 3.66. The van der Waals surface area contributed by atoms with Crippen LogP contribution in [-0.4, -0.2) is 65.2 Å². The number of nitrogens with zero attached hydrogens (tertiary/aromatic N) is 3. The Bertz CT molecular complexity index is 719. The molecule has 1 amide bonds. The fourth-order valence-electron chi connectivity index (χ4n) is 3.66. The molecule has 2 aromatic rings. The van der Waals surface area contributed by atoms with E-state index in [2.05, 4.69) is 50.7 Å². The van der Waals surface area contributed by atoms with E-state index in [1.807, 2.05) is 4.90 Å². The van der Waals surface area contributed by atoms with E-state index in [0.29, 0.717) is 5.69 Å². The molecule has 2 aliphatic heterocycles. The Hall–Kier alpha value is -2.18. The number of aromatic nitrogens is 2. The maximum absolute atomic E-state index is 12.8. The molecule has 1 aromatic heterocycles. The van der Waals surface area contributed by atoms with Gasteiger partial charge in [-0.1, -0.05) is 30.3 Å². The minimum absolute atomic E-state index is 0.0731. The van der Waals surface area contributed by atoms with Crippen LogP contribution in [0.3, 0.4) is 0 Å². The Morgan fingerprint density at radius 2 is 1.92 bits per heavy atom. The molecule has 2 aliphatic rings. The minimum atomic E-state index is 0.0731. The lowest BCUT2D eigenvalue weighted by Crippen LogP contribution is -2.49. The van der Waals surface area contributed by atoms with Gasteiger partial charge in [-0.25, -0.2) is 0 Å². The Labute approximate surface area is 148 Å². The van der Waals surface area contributed by atoms with E-state index in [9.17, 15) is 4.79 Å². The molecule has 1 aromatic carbocycles. The first-order valence-corrected chi connectivity index (χ1v) is 9.13. The molecule has 25 heavy (non-hydrogen) atoms. The zero-order valence-corrected chi connectivity index (χ0v) is 14.5. The molecule has 2 N–H and O–H groups in total. The summed E-state index contributed by atoms with van der Waals surface area (Å²) < 4.78 is 0. The van der Waals surface area contributed by atoms with Crippen molar-refractivity contribution in [2.24, 2.45) is 0 Å². The van der Waals surface area contributed by atoms with Gasteiger partial charge in [-0.2, -0.15) is 5.10 Å². The Kier molecular flexibility index (Phi) is 4.81. The van der Waals surface area contributed by atoms with Crippen LogP contribution in [0.5, 0.6) is 0 Å². The SMILES string of the molecule is O=C(c1n[nH]c2c1CNCC2)N1CCN(CCc2ccccc2)CC1. The third-order valence-electron chi connectivity index (χ3n) is 5.23. The summed E-state index contributed by atoms with van der Waals surface area (Å²) in [7, 11) is 0. The first kappa shape index (κ1) is 16.3. The molecule has 0 unspecified atom stereocenters. The van der Waals surface area contributed by atoms with Crippen molar-refractivity contribution in [1.29, 1.82) is 0 Å². The molecule has 0 atom stereocenters. The van der Waals surface area contributed by atoms with E-state index in [1.54, 1.807) is 0 Å². The largest absolute Gasteiger partial charge is 0.335 e. The molecule has 4 rings (SSSR count). The number of benzene rings is 1. The van der Waals surface area contributed by atoms with Crippen molar-refractivity contribution >= 4 is 5.91 Å². The van der Waals surface area contributed by atoms with Gasteiger partial charge >= 0.3 is 0 Å². The van der Waals surface area contributed by atoms with Crippen molar-refractivity contribution in [3.63, 3.8) is 0 Å². The predicted octanol–water partition coefficient (Wildman–Crippen LogP) is 1.06. The van der Waals surface area contributed by atoms with Crippen LogP contribution < -0.4 is 5.32 Å². The van der Waals surface area contributed by atoms with Crippen LogP contribution in [0.2, 0.25) is 0 Å². The summed E-state index contributed by atoms with van der Waals surface area (Å²) in [5.74, 6) is 0.0731. The lowest BCUT2D eigenvalue weighted by atomic mass is 10.1. The number of aromatic amines is 1. The minimum Gasteiger partial charge on any atom is -0.335 e. The van der Waals surface area contributed by atoms with Gasteiger partial charge < -0.3 is 10.2 Å². The number of fused-ring (bicyclic) bond motifs is 1. The highest BCUT2D eigenvalue weighted by Crippen LogP contribution is 2.18. The molecule has 6 nitrogen and oxygen atoms in total. The highest BCUT2D eigenvalue weighted by atomic mass is 16.2. The molecule has 0 aliphatic carbocycles. The van der Waals surface area contributed by atoms with E-state index >= 15 is 0 Å². The molecule has 3 heterocycles. The third-order valence-corrected chi connectivity index (χ3v) is 5.23. The van der Waals surface area contributed by atoms with Gasteiger partial charge in [0, 0.05) is 63.5 Å². The van der Waals surface area contributed by atoms with Gasteiger partial charge in [0.25, 0.3) is 5.91 Å². The highest BCUT2D eigenvalue weighted by Gasteiger charge is 2.27. The van der Waals surface area contributed by atoms with Gasteiger partial charge in [-0.3, -0.25) is 14.8 Å². The molecule has 6 heteroatoms. The molecule has 1 saturated heterocycles.